The van der Waals surface area contributed by atoms with Crippen LogP contribution in [0.4, 0.5) is 10.1 Å². The van der Waals surface area contributed by atoms with Crippen molar-refractivity contribution in [2.75, 3.05) is 12.8 Å². The number of carbonyl (C=O) groups is 1. The average Bonchev–Trinajstić information content (AvgIpc) is 2.95. The summed E-state index contributed by atoms with van der Waals surface area (Å²) in [5, 5.41) is 11.8. The summed E-state index contributed by atoms with van der Waals surface area (Å²) in [4.78, 5) is 13.7. The van der Waals surface area contributed by atoms with Gasteiger partial charge in [-0.15, -0.1) is 16.4 Å². The summed E-state index contributed by atoms with van der Waals surface area (Å²) in [6, 6.07) is 4.18. The molecule has 0 aliphatic heterocycles. The van der Waals surface area contributed by atoms with Gasteiger partial charge in [-0.3, -0.25) is 4.79 Å². The van der Waals surface area contributed by atoms with Crippen molar-refractivity contribution in [2.45, 2.75) is 26.8 Å². The number of nitrogens with two attached hydrogens (primary N) is 1. The Morgan fingerprint density at radius 3 is 2.73 bits per heavy atom. The second-order valence-corrected chi connectivity index (χ2v) is 7.02. The number of anilines is 1. The minimum atomic E-state index is -0.478. The van der Waals surface area contributed by atoms with E-state index in [0.29, 0.717) is 21.0 Å². The number of ether oxygens (including phenoxy) is 1. The number of methoxy groups -OCH3 is 1. The van der Waals surface area contributed by atoms with Gasteiger partial charge in [0, 0.05) is 5.39 Å². The third-order valence-electron chi connectivity index (χ3n) is 4.36. The molecule has 3 aromatic rings. The van der Waals surface area contributed by atoms with Gasteiger partial charge in [-0.25, -0.2) is 4.39 Å². The van der Waals surface area contributed by atoms with Crippen LogP contribution in [0.1, 0.15) is 39.5 Å². The number of thiophene rings is 1. The van der Waals surface area contributed by atoms with Gasteiger partial charge in [0.1, 0.15) is 9.71 Å². The van der Waals surface area contributed by atoms with E-state index in [-0.39, 0.29) is 11.7 Å². The van der Waals surface area contributed by atoms with E-state index in [2.05, 4.69) is 15.5 Å². The molecule has 0 aliphatic carbocycles. The Bertz CT molecular complexity index is 1000. The summed E-state index contributed by atoms with van der Waals surface area (Å²) in [5.41, 5.74) is 8.90. The monoisotopic (exact) mass is 374 g/mol. The second-order valence-electron chi connectivity index (χ2n) is 6.02. The van der Waals surface area contributed by atoms with Gasteiger partial charge in [-0.2, -0.15) is 5.10 Å². The molecule has 0 saturated carbocycles. The van der Waals surface area contributed by atoms with Gasteiger partial charge in [-0.05, 0) is 44.0 Å². The smallest absolute Gasteiger partial charge is 0.264 e. The third-order valence-corrected chi connectivity index (χ3v) is 5.45. The van der Waals surface area contributed by atoms with Crippen molar-refractivity contribution in [3.63, 3.8) is 0 Å². The van der Waals surface area contributed by atoms with Gasteiger partial charge in [0.15, 0.2) is 11.6 Å². The first-order valence-corrected chi connectivity index (χ1v) is 8.81. The lowest BCUT2D eigenvalue weighted by Crippen LogP contribution is -2.26. The summed E-state index contributed by atoms with van der Waals surface area (Å²) >= 11 is 1.20. The number of halogens is 1. The van der Waals surface area contributed by atoms with Crippen LogP contribution in [0.5, 0.6) is 5.75 Å². The zero-order valence-corrected chi connectivity index (χ0v) is 15.7. The van der Waals surface area contributed by atoms with Crippen LogP contribution in [0.15, 0.2) is 18.2 Å². The number of nitrogen functional groups attached to an aromatic ring is 1. The Morgan fingerprint density at radius 2 is 2.08 bits per heavy atom. The minimum absolute atomic E-state index is 0.158. The predicted octanol–water partition coefficient (Wildman–Crippen LogP) is 3.53. The third kappa shape index (κ3) is 3.08. The number of benzene rings is 1. The van der Waals surface area contributed by atoms with E-state index in [4.69, 9.17) is 10.5 Å². The Morgan fingerprint density at radius 1 is 1.35 bits per heavy atom. The lowest BCUT2D eigenvalue weighted by molar-refractivity contribution is 0.0945. The fraction of sp³-hybridized carbons (Fsp3) is 0.278. The van der Waals surface area contributed by atoms with Crippen molar-refractivity contribution in [1.82, 2.24) is 15.5 Å². The van der Waals surface area contributed by atoms with Crippen LogP contribution in [0.2, 0.25) is 0 Å². The highest BCUT2D eigenvalue weighted by atomic mass is 32.1. The molecule has 136 valence electrons. The first-order chi connectivity index (χ1) is 12.3. The number of amides is 1. The molecule has 1 atom stereocenters. The number of hydrogen-bond acceptors (Lipinski definition) is 6. The fourth-order valence-corrected chi connectivity index (χ4v) is 3.71. The lowest BCUT2D eigenvalue weighted by Gasteiger charge is -2.15. The van der Waals surface area contributed by atoms with Crippen LogP contribution in [-0.4, -0.2) is 23.2 Å². The molecule has 6 nitrogen and oxygen atoms in total. The molecule has 0 bridgehead atoms. The summed E-state index contributed by atoms with van der Waals surface area (Å²) in [6.45, 7) is 5.52. The van der Waals surface area contributed by atoms with Gasteiger partial charge in [0.05, 0.1) is 24.5 Å². The topological polar surface area (TPSA) is 90.1 Å². The van der Waals surface area contributed by atoms with Gasteiger partial charge >= 0.3 is 0 Å². The lowest BCUT2D eigenvalue weighted by atomic mass is 10.1. The zero-order valence-electron chi connectivity index (χ0n) is 14.9. The van der Waals surface area contributed by atoms with Gasteiger partial charge in [-0.1, -0.05) is 6.07 Å². The van der Waals surface area contributed by atoms with Gasteiger partial charge < -0.3 is 15.8 Å². The highest BCUT2D eigenvalue weighted by Gasteiger charge is 2.21. The molecule has 26 heavy (non-hydrogen) atoms. The maximum absolute atomic E-state index is 13.9. The minimum Gasteiger partial charge on any atom is -0.494 e. The molecule has 3 rings (SSSR count). The number of hydrogen-bond donors (Lipinski definition) is 2. The Hall–Kier alpha value is -2.74. The summed E-state index contributed by atoms with van der Waals surface area (Å²) in [5.74, 6) is -0.648. The molecule has 0 aliphatic rings. The second kappa shape index (κ2) is 6.87. The van der Waals surface area contributed by atoms with Crippen molar-refractivity contribution in [3.05, 3.63) is 45.7 Å². The van der Waals surface area contributed by atoms with E-state index in [0.717, 1.165) is 16.6 Å². The van der Waals surface area contributed by atoms with Crippen molar-refractivity contribution < 1.29 is 13.9 Å². The summed E-state index contributed by atoms with van der Waals surface area (Å²) in [7, 11) is 1.40. The first kappa shape index (κ1) is 18.1. The van der Waals surface area contributed by atoms with Crippen LogP contribution < -0.4 is 15.8 Å². The number of carbonyl (C=O) groups excluding carboxylic acids is 1. The number of rotatable bonds is 4. The normalized spacial score (nSPS) is 12.2. The van der Waals surface area contributed by atoms with Crippen LogP contribution in [0, 0.1) is 19.7 Å². The molecule has 8 heteroatoms. The summed E-state index contributed by atoms with van der Waals surface area (Å²) in [6.07, 6.45) is 0. The molecular formula is C18H19FN4O2S. The Balaban J connectivity index is 1.88. The molecule has 1 amide bonds. The molecule has 0 radical (unpaired) electrons. The molecule has 2 aromatic heterocycles. The Labute approximate surface area is 154 Å². The molecule has 3 N–H and O–H groups in total. The van der Waals surface area contributed by atoms with E-state index in [1.807, 2.05) is 13.8 Å². The molecule has 0 unspecified atom stereocenters. The fourth-order valence-electron chi connectivity index (χ4n) is 2.71. The van der Waals surface area contributed by atoms with Crippen LogP contribution >= 0.6 is 11.3 Å². The molecule has 0 spiro atoms. The molecular weight excluding hydrogens is 355 g/mol. The molecule has 0 saturated heterocycles. The Kier molecular flexibility index (Phi) is 4.78. The van der Waals surface area contributed by atoms with E-state index in [1.54, 1.807) is 13.0 Å². The van der Waals surface area contributed by atoms with Crippen molar-refractivity contribution in [2.24, 2.45) is 0 Å². The maximum atomic E-state index is 13.9. The number of aryl methyl sites for hydroxylation is 2. The number of nitrogens with one attached hydrogen (secondary N) is 1. The van der Waals surface area contributed by atoms with Crippen molar-refractivity contribution in [1.29, 1.82) is 0 Å². The maximum Gasteiger partial charge on any atom is 0.264 e. The van der Waals surface area contributed by atoms with Gasteiger partial charge in [0.2, 0.25) is 0 Å². The SMILES string of the molecule is COc1ccc([C@@H](C)NC(=O)c2sc3nnc(C)c(C)c3c2N)cc1F. The molecule has 0 fully saturated rings. The van der Waals surface area contributed by atoms with Gasteiger partial charge in [0.25, 0.3) is 5.91 Å². The molecule has 1 aromatic carbocycles. The van der Waals surface area contributed by atoms with E-state index < -0.39 is 11.9 Å². The van der Waals surface area contributed by atoms with Crippen LogP contribution in [0.25, 0.3) is 10.2 Å². The highest BCUT2D eigenvalue weighted by Crippen LogP contribution is 2.35. The van der Waals surface area contributed by atoms with Crippen molar-refractivity contribution in [3.8, 4) is 5.75 Å². The molecule has 2 heterocycles. The number of aromatic nitrogens is 2. The first-order valence-electron chi connectivity index (χ1n) is 7.99. The van der Waals surface area contributed by atoms with E-state index >= 15 is 0 Å². The average molecular weight is 374 g/mol. The quantitative estimate of drug-likeness (QED) is 0.729. The predicted molar refractivity (Wildman–Crippen MR) is 100 cm³/mol. The largest absolute Gasteiger partial charge is 0.494 e. The zero-order chi connectivity index (χ0) is 19.0. The number of fused-ring (bicyclic) bond motifs is 1. The summed E-state index contributed by atoms with van der Waals surface area (Å²) < 4.78 is 18.8. The standard InChI is InChI=1S/C18H19FN4O2S/c1-8-9(2)22-23-18-14(8)15(20)16(26-18)17(24)21-10(3)11-5-6-13(25-4)12(19)7-11/h5-7,10H,20H2,1-4H3,(H,21,24)/t10-/m1/s1. The highest BCUT2D eigenvalue weighted by molar-refractivity contribution is 7.21. The van der Waals surface area contributed by atoms with Crippen molar-refractivity contribution >= 4 is 33.1 Å². The van der Waals surface area contributed by atoms with E-state index in [1.165, 1.54) is 30.6 Å². The van der Waals surface area contributed by atoms with E-state index in [9.17, 15) is 9.18 Å². The van der Waals surface area contributed by atoms with Crippen LogP contribution in [-0.2, 0) is 0 Å². The van der Waals surface area contributed by atoms with Crippen LogP contribution in [0.3, 0.4) is 0 Å². The number of nitrogens with zero attached hydrogens (tertiary/aromatic N) is 2.